The second-order valence-corrected chi connectivity index (χ2v) is 5.98. The number of hydrogen-bond donors (Lipinski definition) is 2. The van der Waals surface area contributed by atoms with Crippen LogP contribution in [0.25, 0.3) is 0 Å². The lowest BCUT2D eigenvalue weighted by molar-refractivity contribution is -0.124. The maximum atomic E-state index is 13.7. The standard InChI is InChI=1S/C19H21F2N3O2/c1-13(24(2)12-15-8-9-16(20)10-17(15)21)18(25)23-19(26)22-11-14-6-4-3-5-7-14/h3-10,13H,11-12H2,1-2H3,(H2,22,23,25,26). The van der Waals surface area contributed by atoms with E-state index in [9.17, 15) is 18.4 Å². The Bertz CT molecular complexity index is 769. The summed E-state index contributed by atoms with van der Waals surface area (Å²) in [5.41, 5.74) is 1.18. The number of carbonyl (C=O) groups excluding carboxylic acids is 2. The van der Waals surface area contributed by atoms with Gasteiger partial charge in [0.1, 0.15) is 11.6 Å². The molecule has 3 amide bonds. The molecule has 1 unspecified atom stereocenters. The van der Waals surface area contributed by atoms with Crippen LogP contribution in [-0.4, -0.2) is 29.9 Å². The molecule has 0 radical (unpaired) electrons. The van der Waals surface area contributed by atoms with Crippen molar-refractivity contribution in [1.29, 1.82) is 0 Å². The van der Waals surface area contributed by atoms with Gasteiger partial charge in [-0.25, -0.2) is 13.6 Å². The monoisotopic (exact) mass is 361 g/mol. The molecule has 0 aliphatic carbocycles. The van der Waals surface area contributed by atoms with Crippen LogP contribution in [0.5, 0.6) is 0 Å². The fraction of sp³-hybridized carbons (Fsp3) is 0.263. The number of halogens is 2. The summed E-state index contributed by atoms with van der Waals surface area (Å²) < 4.78 is 26.7. The highest BCUT2D eigenvalue weighted by Crippen LogP contribution is 2.13. The third-order valence-electron chi connectivity index (χ3n) is 4.01. The molecule has 0 spiro atoms. The van der Waals surface area contributed by atoms with E-state index >= 15 is 0 Å². The minimum absolute atomic E-state index is 0.104. The quantitative estimate of drug-likeness (QED) is 0.832. The molecule has 0 aromatic heterocycles. The SMILES string of the molecule is CC(C(=O)NC(=O)NCc1ccccc1)N(C)Cc1ccc(F)cc1F. The van der Waals surface area contributed by atoms with E-state index in [1.54, 1.807) is 18.9 Å². The number of carbonyl (C=O) groups is 2. The summed E-state index contributed by atoms with van der Waals surface area (Å²) in [6, 6.07) is 11.3. The number of likely N-dealkylation sites (N-methyl/N-ethyl adjacent to an activating group) is 1. The van der Waals surface area contributed by atoms with Gasteiger partial charge in [0.05, 0.1) is 6.04 Å². The normalized spacial score (nSPS) is 11.9. The van der Waals surface area contributed by atoms with Gasteiger partial charge < -0.3 is 5.32 Å². The van der Waals surface area contributed by atoms with Crippen molar-refractivity contribution in [2.75, 3.05) is 7.05 Å². The van der Waals surface area contributed by atoms with Crippen LogP contribution >= 0.6 is 0 Å². The molecule has 26 heavy (non-hydrogen) atoms. The van der Waals surface area contributed by atoms with E-state index in [-0.39, 0.29) is 12.1 Å². The predicted molar refractivity (Wildman–Crippen MR) is 94.1 cm³/mol. The van der Waals surface area contributed by atoms with E-state index in [1.165, 1.54) is 6.07 Å². The Kier molecular flexibility index (Phi) is 6.80. The van der Waals surface area contributed by atoms with Gasteiger partial charge >= 0.3 is 6.03 Å². The number of amides is 3. The zero-order valence-corrected chi connectivity index (χ0v) is 14.6. The molecule has 1 atom stereocenters. The molecule has 0 aliphatic heterocycles. The number of hydrogen-bond acceptors (Lipinski definition) is 3. The molecule has 0 bridgehead atoms. The second kappa shape index (κ2) is 9.05. The summed E-state index contributed by atoms with van der Waals surface area (Å²) in [6.07, 6.45) is 0. The summed E-state index contributed by atoms with van der Waals surface area (Å²) in [7, 11) is 1.62. The Morgan fingerprint density at radius 1 is 1.12 bits per heavy atom. The Balaban J connectivity index is 1.84. The summed E-state index contributed by atoms with van der Waals surface area (Å²) >= 11 is 0. The molecule has 5 nitrogen and oxygen atoms in total. The summed E-state index contributed by atoms with van der Waals surface area (Å²) in [5.74, 6) is -1.85. The van der Waals surface area contributed by atoms with Gasteiger partial charge in [-0.2, -0.15) is 0 Å². The van der Waals surface area contributed by atoms with Crippen LogP contribution in [0.1, 0.15) is 18.1 Å². The van der Waals surface area contributed by atoms with Gasteiger partial charge in [0.25, 0.3) is 0 Å². The molecule has 0 saturated heterocycles. The van der Waals surface area contributed by atoms with Crippen molar-refractivity contribution in [3.8, 4) is 0 Å². The maximum Gasteiger partial charge on any atom is 0.321 e. The molecule has 0 aliphatic rings. The van der Waals surface area contributed by atoms with Crippen molar-refractivity contribution < 1.29 is 18.4 Å². The highest BCUT2D eigenvalue weighted by Gasteiger charge is 2.21. The van der Waals surface area contributed by atoms with Crippen molar-refractivity contribution >= 4 is 11.9 Å². The van der Waals surface area contributed by atoms with Crippen LogP contribution in [0.3, 0.4) is 0 Å². The number of nitrogens with one attached hydrogen (secondary N) is 2. The first kappa shape index (κ1) is 19.5. The molecular formula is C19H21F2N3O2. The third kappa shape index (κ3) is 5.63. The number of benzene rings is 2. The molecule has 0 fully saturated rings. The first-order chi connectivity index (χ1) is 12.4. The highest BCUT2D eigenvalue weighted by atomic mass is 19.1. The Labute approximate surface area is 151 Å². The Hall–Kier alpha value is -2.80. The molecule has 138 valence electrons. The van der Waals surface area contributed by atoms with Crippen molar-refractivity contribution in [3.05, 3.63) is 71.3 Å². The van der Waals surface area contributed by atoms with Crippen molar-refractivity contribution in [3.63, 3.8) is 0 Å². The van der Waals surface area contributed by atoms with Gasteiger partial charge in [-0.15, -0.1) is 0 Å². The van der Waals surface area contributed by atoms with E-state index in [2.05, 4.69) is 10.6 Å². The van der Waals surface area contributed by atoms with Gasteiger partial charge in [-0.05, 0) is 25.6 Å². The largest absolute Gasteiger partial charge is 0.334 e. The fourth-order valence-electron chi connectivity index (χ4n) is 2.29. The Morgan fingerprint density at radius 2 is 1.81 bits per heavy atom. The lowest BCUT2D eigenvalue weighted by Crippen LogP contribution is -2.48. The average molecular weight is 361 g/mol. The zero-order valence-electron chi connectivity index (χ0n) is 14.6. The van der Waals surface area contributed by atoms with Crippen molar-refractivity contribution in [2.45, 2.75) is 26.1 Å². The molecule has 2 aromatic carbocycles. The van der Waals surface area contributed by atoms with Gasteiger partial charge in [0, 0.05) is 24.7 Å². The number of imide groups is 1. The molecule has 0 heterocycles. The van der Waals surface area contributed by atoms with Gasteiger partial charge in [-0.3, -0.25) is 15.0 Å². The first-order valence-corrected chi connectivity index (χ1v) is 8.13. The molecular weight excluding hydrogens is 340 g/mol. The Morgan fingerprint density at radius 3 is 2.46 bits per heavy atom. The lowest BCUT2D eigenvalue weighted by Gasteiger charge is -2.23. The van der Waals surface area contributed by atoms with Crippen LogP contribution in [-0.2, 0) is 17.9 Å². The summed E-state index contributed by atoms with van der Waals surface area (Å²) in [4.78, 5) is 25.6. The maximum absolute atomic E-state index is 13.7. The van der Waals surface area contributed by atoms with E-state index in [0.717, 1.165) is 17.7 Å². The zero-order chi connectivity index (χ0) is 19.1. The minimum atomic E-state index is -0.679. The van der Waals surface area contributed by atoms with E-state index in [1.807, 2.05) is 30.3 Å². The van der Waals surface area contributed by atoms with Crippen LogP contribution < -0.4 is 10.6 Å². The molecule has 2 rings (SSSR count). The van der Waals surface area contributed by atoms with E-state index < -0.39 is 29.6 Å². The van der Waals surface area contributed by atoms with E-state index in [0.29, 0.717) is 6.54 Å². The van der Waals surface area contributed by atoms with Crippen LogP contribution in [0.4, 0.5) is 13.6 Å². The average Bonchev–Trinajstić information content (AvgIpc) is 2.62. The fourth-order valence-corrected chi connectivity index (χ4v) is 2.29. The minimum Gasteiger partial charge on any atom is -0.334 e. The first-order valence-electron chi connectivity index (χ1n) is 8.13. The van der Waals surface area contributed by atoms with Crippen LogP contribution in [0.2, 0.25) is 0 Å². The summed E-state index contributed by atoms with van der Waals surface area (Å²) in [6.45, 7) is 2.00. The van der Waals surface area contributed by atoms with E-state index in [4.69, 9.17) is 0 Å². The van der Waals surface area contributed by atoms with Gasteiger partial charge in [0.2, 0.25) is 5.91 Å². The highest BCUT2D eigenvalue weighted by molar-refractivity contribution is 5.96. The number of urea groups is 1. The topological polar surface area (TPSA) is 61.4 Å². The third-order valence-corrected chi connectivity index (χ3v) is 4.01. The smallest absolute Gasteiger partial charge is 0.321 e. The van der Waals surface area contributed by atoms with Crippen LogP contribution in [0.15, 0.2) is 48.5 Å². The molecule has 2 N–H and O–H groups in total. The molecule has 2 aromatic rings. The second-order valence-electron chi connectivity index (χ2n) is 5.98. The van der Waals surface area contributed by atoms with Gasteiger partial charge in [-0.1, -0.05) is 36.4 Å². The molecule has 0 saturated carbocycles. The van der Waals surface area contributed by atoms with Crippen molar-refractivity contribution in [2.24, 2.45) is 0 Å². The lowest BCUT2D eigenvalue weighted by atomic mass is 10.1. The van der Waals surface area contributed by atoms with Gasteiger partial charge in [0.15, 0.2) is 0 Å². The number of nitrogens with zero attached hydrogens (tertiary/aromatic N) is 1. The summed E-state index contributed by atoms with van der Waals surface area (Å²) in [5, 5.41) is 4.85. The number of rotatable bonds is 6. The van der Waals surface area contributed by atoms with Crippen LogP contribution in [0, 0.1) is 11.6 Å². The molecule has 7 heteroatoms. The predicted octanol–water partition coefficient (Wildman–Crippen LogP) is 2.81. The van der Waals surface area contributed by atoms with Crippen molar-refractivity contribution in [1.82, 2.24) is 15.5 Å².